The van der Waals surface area contributed by atoms with Crippen LogP contribution in [0.4, 0.5) is 0 Å². The number of benzene rings is 1. The Morgan fingerprint density at radius 3 is 2.35 bits per heavy atom. The highest BCUT2D eigenvalue weighted by atomic mass is 16.5. The van der Waals surface area contributed by atoms with Gasteiger partial charge in [0, 0.05) is 34.8 Å². The number of nitrogens with zero attached hydrogens (tertiary/aromatic N) is 3. The largest absolute Gasteiger partial charge is 0.504 e. The van der Waals surface area contributed by atoms with Gasteiger partial charge < -0.3 is 9.84 Å². The number of hydrogen-bond donors (Lipinski definition) is 1. The van der Waals surface area contributed by atoms with Crippen LogP contribution in [0.5, 0.6) is 11.5 Å². The molecule has 26 heavy (non-hydrogen) atoms. The number of aromatic hydroxyl groups is 1. The predicted molar refractivity (Wildman–Crippen MR) is 102 cm³/mol. The predicted octanol–water partition coefficient (Wildman–Crippen LogP) is 4.58. The third-order valence-corrected chi connectivity index (χ3v) is 4.78. The Bertz CT molecular complexity index is 971. The number of phenols is 1. The number of aromatic nitrogens is 3. The molecule has 1 aliphatic carbocycles. The van der Waals surface area contributed by atoms with Crippen molar-refractivity contribution in [3.05, 3.63) is 42.0 Å². The number of phenolic OH excluding ortho intramolecular Hbond substituents is 1. The van der Waals surface area contributed by atoms with Crippen LogP contribution >= 0.6 is 0 Å². The molecule has 2 aromatic heterocycles. The molecule has 1 N–H and O–H groups in total. The van der Waals surface area contributed by atoms with Crippen LogP contribution in [0, 0.1) is 0 Å². The molecule has 2 heterocycles. The summed E-state index contributed by atoms with van der Waals surface area (Å²) >= 11 is 0. The van der Waals surface area contributed by atoms with E-state index >= 15 is 0 Å². The Morgan fingerprint density at radius 1 is 1.08 bits per heavy atom. The molecular formula is C21H23N3O2. The van der Waals surface area contributed by atoms with Crippen LogP contribution in [-0.2, 0) is 5.41 Å². The van der Waals surface area contributed by atoms with Gasteiger partial charge in [-0.3, -0.25) is 0 Å². The van der Waals surface area contributed by atoms with Gasteiger partial charge in [0.15, 0.2) is 11.5 Å². The van der Waals surface area contributed by atoms with Crippen LogP contribution in [0.15, 0.2) is 30.6 Å². The summed E-state index contributed by atoms with van der Waals surface area (Å²) in [6.45, 7) is 6.28. The molecule has 0 radical (unpaired) electrons. The average molecular weight is 349 g/mol. The van der Waals surface area contributed by atoms with Crippen molar-refractivity contribution in [3.8, 4) is 22.8 Å². The maximum Gasteiger partial charge on any atom is 0.161 e. The first kappa shape index (κ1) is 16.8. The highest BCUT2D eigenvalue weighted by Gasteiger charge is 2.27. The van der Waals surface area contributed by atoms with E-state index in [1.165, 1.54) is 18.4 Å². The van der Waals surface area contributed by atoms with Crippen LogP contribution in [0.3, 0.4) is 0 Å². The van der Waals surface area contributed by atoms with Gasteiger partial charge in [-0.05, 0) is 36.5 Å². The molecule has 5 nitrogen and oxygen atoms in total. The summed E-state index contributed by atoms with van der Waals surface area (Å²) < 4.78 is 5.27. The van der Waals surface area contributed by atoms with E-state index in [4.69, 9.17) is 9.72 Å². The molecule has 1 aromatic carbocycles. The Balaban J connectivity index is 1.85. The molecular weight excluding hydrogens is 326 g/mol. The molecule has 134 valence electrons. The van der Waals surface area contributed by atoms with E-state index in [0.29, 0.717) is 11.7 Å². The second-order valence-corrected chi connectivity index (χ2v) is 7.96. The van der Waals surface area contributed by atoms with Crippen LogP contribution in [0.2, 0.25) is 0 Å². The maximum absolute atomic E-state index is 10.2. The van der Waals surface area contributed by atoms with Gasteiger partial charge in [-0.15, -0.1) is 0 Å². The minimum absolute atomic E-state index is 0.0864. The van der Waals surface area contributed by atoms with Gasteiger partial charge in [0.05, 0.1) is 18.3 Å². The Hall–Kier alpha value is -2.69. The fourth-order valence-electron chi connectivity index (χ4n) is 3.16. The lowest BCUT2D eigenvalue weighted by Gasteiger charge is -2.16. The Morgan fingerprint density at radius 2 is 1.77 bits per heavy atom. The van der Waals surface area contributed by atoms with Gasteiger partial charge in [-0.2, -0.15) is 0 Å². The zero-order chi connectivity index (χ0) is 18.5. The number of rotatable bonds is 3. The topological polar surface area (TPSA) is 68.1 Å². The second kappa shape index (κ2) is 5.94. The van der Waals surface area contributed by atoms with Crippen LogP contribution < -0.4 is 4.74 Å². The summed E-state index contributed by atoms with van der Waals surface area (Å²) in [6.07, 6.45) is 6.03. The fraction of sp³-hybridized carbons (Fsp3) is 0.381. The zero-order valence-corrected chi connectivity index (χ0v) is 15.6. The lowest BCUT2D eigenvalue weighted by Crippen LogP contribution is -2.15. The molecule has 0 spiro atoms. The molecule has 4 rings (SSSR count). The first-order chi connectivity index (χ1) is 12.4. The van der Waals surface area contributed by atoms with Gasteiger partial charge in [-0.1, -0.05) is 20.8 Å². The average Bonchev–Trinajstić information content (AvgIpc) is 3.44. The van der Waals surface area contributed by atoms with Crippen molar-refractivity contribution >= 4 is 10.9 Å². The number of fused-ring (bicyclic) bond motifs is 1. The van der Waals surface area contributed by atoms with E-state index in [0.717, 1.165) is 28.0 Å². The highest BCUT2D eigenvalue weighted by Crippen LogP contribution is 2.45. The molecule has 0 atom stereocenters. The summed E-state index contributed by atoms with van der Waals surface area (Å²) in [4.78, 5) is 13.8. The van der Waals surface area contributed by atoms with E-state index in [1.807, 2.05) is 18.5 Å². The molecule has 3 aromatic rings. The third kappa shape index (κ3) is 2.98. The van der Waals surface area contributed by atoms with Crippen LogP contribution in [-0.4, -0.2) is 27.2 Å². The molecule has 0 aliphatic heterocycles. The van der Waals surface area contributed by atoms with Crippen molar-refractivity contribution in [1.82, 2.24) is 15.0 Å². The lowest BCUT2D eigenvalue weighted by molar-refractivity contribution is 0.374. The first-order valence-electron chi connectivity index (χ1n) is 8.91. The summed E-state index contributed by atoms with van der Waals surface area (Å²) in [5, 5.41) is 11.2. The van der Waals surface area contributed by atoms with E-state index < -0.39 is 0 Å². The second-order valence-electron chi connectivity index (χ2n) is 7.96. The highest BCUT2D eigenvalue weighted by molar-refractivity contribution is 5.88. The summed E-state index contributed by atoms with van der Waals surface area (Å²) in [5.41, 5.74) is 3.66. The van der Waals surface area contributed by atoms with Crippen molar-refractivity contribution in [1.29, 1.82) is 0 Å². The Kier molecular flexibility index (Phi) is 3.83. The van der Waals surface area contributed by atoms with E-state index in [-0.39, 0.29) is 11.2 Å². The van der Waals surface area contributed by atoms with Gasteiger partial charge in [0.2, 0.25) is 0 Å². The standard InChI is InChI=1S/C21H23N3O2/c1-21(2,3)20-22-10-13(11-23-20)16-7-14(12-5-6-12)15-8-19(26-4)18(25)9-17(15)24-16/h7-12,25H,5-6H2,1-4H3. The summed E-state index contributed by atoms with van der Waals surface area (Å²) in [7, 11) is 1.56. The van der Waals surface area contributed by atoms with Crippen molar-refractivity contribution in [2.75, 3.05) is 7.11 Å². The molecule has 0 unspecified atom stereocenters. The maximum atomic E-state index is 10.2. The first-order valence-corrected chi connectivity index (χ1v) is 8.91. The van der Waals surface area contributed by atoms with E-state index in [9.17, 15) is 5.11 Å². The number of hydrogen-bond acceptors (Lipinski definition) is 5. The smallest absolute Gasteiger partial charge is 0.161 e. The number of ether oxygens (including phenoxy) is 1. The number of methoxy groups -OCH3 is 1. The van der Waals surface area contributed by atoms with E-state index in [2.05, 4.69) is 36.8 Å². The fourth-order valence-corrected chi connectivity index (χ4v) is 3.16. The molecule has 0 bridgehead atoms. The van der Waals surface area contributed by atoms with Crippen LogP contribution in [0.25, 0.3) is 22.2 Å². The summed E-state index contributed by atoms with van der Waals surface area (Å²) in [5.74, 6) is 1.94. The Labute approximate surface area is 153 Å². The number of pyridine rings is 1. The van der Waals surface area contributed by atoms with Gasteiger partial charge >= 0.3 is 0 Å². The lowest BCUT2D eigenvalue weighted by atomic mass is 9.95. The normalized spacial score (nSPS) is 14.6. The molecule has 1 saturated carbocycles. The molecule has 0 amide bonds. The monoisotopic (exact) mass is 349 g/mol. The molecule has 1 aliphatic rings. The third-order valence-electron chi connectivity index (χ3n) is 4.78. The molecule has 1 fully saturated rings. The quantitative estimate of drug-likeness (QED) is 0.749. The molecule has 0 saturated heterocycles. The zero-order valence-electron chi connectivity index (χ0n) is 15.6. The van der Waals surface area contributed by atoms with Crippen molar-refractivity contribution in [2.45, 2.75) is 44.9 Å². The van der Waals surface area contributed by atoms with Gasteiger partial charge in [-0.25, -0.2) is 15.0 Å². The molecule has 5 heteroatoms. The van der Waals surface area contributed by atoms with Crippen LogP contribution in [0.1, 0.15) is 50.9 Å². The van der Waals surface area contributed by atoms with E-state index in [1.54, 1.807) is 13.2 Å². The van der Waals surface area contributed by atoms with Crippen molar-refractivity contribution in [2.24, 2.45) is 0 Å². The summed E-state index contributed by atoms with van der Waals surface area (Å²) in [6, 6.07) is 5.69. The van der Waals surface area contributed by atoms with Gasteiger partial charge in [0.25, 0.3) is 0 Å². The van der Waals surface area contributed by atoms with Gasteiger partial charge in [0.1, 0.15) is 5.82 Å². The minimum atomic E-state index is -0.0864. The minimum Gasteiger partial charge on any atom is -0.504 e. The van der Waals surface area contributed by atoms with Crippen molar-refractivity contribution in [3.63, 3.8) is 0 Å². The van der Waals surface area contributed by atoms with Crippen molar-refractivity contribution < 1.29 is 9.84 Å². The SMILES string of the molecule is COc1cc2c(C3CC3)cc(-c3cnc(C(C)(C)C)nc3)nc2cc1O.